The molecule has 2 heterocycles. The van der Waals surface area contributed by atoms with Crippen LogP contribution in [0.25, 0.3) is 0 Å². The fourth-order valence-electron chi connectivity index (χ4n) is 2.05. The van der Waals surface area contributed by atoms with Crippen molar-refractivity contribution in [1.82, 2.24) is 9.88 Å². The summed E-state index contributed by atoms with van der Waals surface area (Å²) in [6.07, 6.45) is 1.88. The summed E-state index contributed by atoms with van der Waals surface area (Å²) in [6.45, 7) is 11.9. The van der Waals surface area contributed by atoms with E-state index in [0.29, 0.717) is 0 Å². The monoisotopic (exact) mass is 268 g/mol. The molecule has 1 unspecified atom stereocenters. The molecule has 0 radical (unpaired) electrons. The van der Waals surface area contributed by atoms with Gasteiger partial charge in [0.2, 0.25) is 0 Å². The topological polar surface area (TPSA) is 45.4 Å². The van der Waals surface area contributed by atoms with Crippen molar-refractivity contribution < 1.29 is 0 Å². The van der Waals surface area contributed by atoms with Crippen LogP contribution in [0.2, 0.25) is 0 Å². The van der Waals surface area contributed by atoms with Crippen LogP contribution in [0.3, 0.4) is 0 Å². The SMILES string of the molecule is CC(C)(C)C(N)CN1CCN(c2nccs2)CC1. The molecule has 1 saturated heterocycles. The summed E-state index contributed by atoms with van der Waals surface area (Å²) in [4.78, 5) is 9.20. The van der Waals surface area contributed by atoms with E-state index in [1.807, 2.05) is 11.6 Å². The predicted molar refractivity (Wildman–Crippen MR) is 78.2 cm³/mol. The van der Waals surface area contributed by atoms with Crippen LogP contribution >= 0.6 is 11.3 Å². The van der Waals surface area contributed by atoms with Crippen molar-refractivity contribution >= 4 is 16.5 Å². The molecule has 18 heavy (non-hydrogen) atoms. The first-order valence-electron chi connectivity index (χ1n) is 6.59. The van der Waals surface area contributed by atoms with Gasteiger partial charge in [-0.3, -0.25) is 4.90 Å². The normalized spacial score (nSPS) is 20.1. The number of nitrogens with two attached hydrogens (primary N) is 1. The van der Waals surface area contributed by atoms with E-state index in [1.54, 1.807) is 11.3 Å². The maximum absolute atomic E-state index is 6.25. The highest BCUT2D eigenvalue weighted by molar-refractivity contribution is 7.13. The van der Waals surface area contributed by atoms with Crippen molar-refractivity contribution in [2.45, 2.75) is 26.8 Å². The van der Waals surface area contributed by atoms with Gasteiger partial charge in [-0.05, 0) is 5.41 Å². The number of anilines is 1. The molecule has 0 saturated carbocycles. The minimum Gasteiger partial charge on any atom is -0.346 e. The lowest BCUT2D eigenvalue weighted by Crippen LogP contribution is -2.52. The number of rotatable bonds is 3. The third-order valence-electron chi connectivity index (χ3n) is 3.63. The molecular weight excluding hydrogens is 244 g/mol. The summed E-state index contributed by atoms with van der Waals surface area (Å²) in [5.74, 6) is 0. The van der Waals surface area contributed by atoms with E-state index in [4.69, 9.17) is 5.73 Å². The van der Waals surface area contributed by atoms with Crippen LogP contribution in [0.4, 0.5) is 5.13 Å². The van der Waals surface area contributed by atoms with Crippen LogP contribution in [0, 0.1) is 5.41 Å². The van der Waals surface area contributed by atoms with E-state index in [9.17, 15) is 0 Å². The maximum atomic E-state index is 6.25. The molecule has 4 nitrogen and oxygen atoms in total. The first kappa shape index (κ1) is 13.8. The van der Waals surface area contributed by atoms with Gasteiger partial charge in [0.05, 0.1) is 0 Å². The smallest absolute Gasteiger partial charge is 0.185 e. The van der Waals surface area contributed by atoms with E-state index < -0.39 is 0 Å². The minimum atomic E-state index is 0.187. The zero-order valence-corrected chi connectivity index (χ0v) is 12.4. The van der Waals surface area contributed by atoms with Crippen molar-refractivity contribution in [3.8, 4) is 0 Å². The van der Waals surface area contributed by atoms with Crippen molar-refractivity contribution in [3.05, 3.63) is 11.6 Å². The van der Waals surface area contributed by atoms with Gasteiger partial charge in [-0.1, -0.05) is 20.8 Å². The molecule has 0 aromatic carbocycles. The Morgan fingerprint density at radius 3 is 2.50 bits per heavy atom. The number of aromatic nitrogens is 1. The van der Waals surface area contributed by atoms with Gasteiger partial charge in [0.1, 0.15) is 0 Å². The zero-order chi connectivity index (χ0) is 13.2. The van der Waals surface area contributed by atoms with Crippen LogP contribution < -0.4 is 10.6 Å². The van der Waals surface area contributed by atoms with Crippen LogP contribution in [-0.4, -0.2) is 48.6 Å². The van der Waals surface area contributed by atoms with Crippen LogP contribution in [-0.2, 0) is 0 Å². The second-order valence-electron chi connectivity index (χ2n) is 6.07. The Labute approximate surface area is 114 Å². The number of nitrogens with zero attached hydrogens (tertiary/aromatic N) is 3. The molecule has 0 amide bonds. The molecule has 0 bridgehead atoms. The van der Waals surface area contributed by atoms with Gasteiger partial charge in [-0.2, -0.15) is 0 Å². The summed E-state index contributed by atoms with van der Waals surface area (Å²) >= 11 is 1.72. The van der Waals surface area contributed by atoms with Crippen LogP contribution in [0.5, 0.6) is 0 Å². The molecule has 0 aliphatic carbocycles. The first-order chi connectivity index (χ1) is 8.47. The second kappa shape index (κ2) is 5.55. The Morgan fingerprint density at radius 1 is 1.33 bits per heavy atom. The molecule has 1 atom stereocenters. The van der Waals surface area contributed by atoms with Crippen molar-refractivity contribution in [3.63, 3.8) is 0 Å². The average Bonchev–Trinajstić information content (AvgIpc) is 2.82. The third kappa shape index (κ3) is 3.43. The first-order valence-corrected chi connectivity index (χ1v) is 7.47. The summed E-state index contributed by atoms with van der Waals surface area (Å²) in [7, 11) is 0. The minimum absolute atomic E-state index is 0.187. The molecule has 1 aromatic heterocycles. The van der Waals surface area contributed by atoms with Crippen molar-refractivity contribution in [2.75, 3.05) is 37.6 Å². The van der Waals surface area contributed by atoms with Crippen molar-refractivity contribution in [1.29, 1.82) is 0 Å². The van der Waals surface area contributed by atoms with E-state index in [-0.39, 0.29) is 11.5 Å². The van der Waals surface area contributed by atoms with E-state index in [0.717, 1.165) is 37.9 Å². The maximum Gasteiger partial charge on any atom is 0.185 e. The lowest BCUT2D eigenvalue weighted by atomic mass is 9.87. The van der Waals surface area contributed by atoms with Gasteiger partial charge in [0.25, 0.3) is 0 Å². The van der Waals surface area contributed by atoms with Crippen molar-refractivity contribution in [2.24, 2.45) is 11.1 Å². The molecule has 102 valence electrons. The van der Waals surface area contributed by atoms with Gasteiger partial charge in [0, 0.05) is 50.3 Å². The molecule has 2 rings (SSSR count). The highest BCUT2D eigenvalue weighted by Crippen LogP contribution is 2.21. The lowest BCUT2D eigenvalue weighted by Gasteiger charge is -2.38. The Morgan fingerprint density at radius 2 is 2.00 bits per heavy atom. The molecule has 1 fully saturated rings. The fraction of sp³-hybridized carbons (Fsp3) is 0.769. The van der Waals surface area contributed by atoms with Crippen LogP contribution in [0.1, 0.15) is 20.8 Å². The van der Waals surface area contributed by atoms with Gasteiger partial charge in [0.15, 0.2) is 5.13 Å². The highest BCUT2D eigenvalue weighted by atomic mass is 32.1. The number of hydrogen-bond donors (Lipinski definition) is 1. The Kier molecular flexibility index (Phi) is 4.25. The number of hydrogen-bond acceptors (Lipinski definition) is 5. The van der Waals surface area contributed by atoms with E-state index >= 15 is 0 Å². The predicted octanol–water partition coefficient (Wildman–Crippen LogP) is 1.64. The Bertz CT molecular complexity index is 350. The molecule has 1 aromatic rings. The zero-order valence-electron chi connectivity index (χ0n) is 11.6. The van der Waals surface area contributed by atoms with Crippen LogP contribution in [0.15, 0.2) is 11.6 Å². The average molecular weight is 268 g/mol. The number of piperazine rings is 1. The molecule has 1 aliphatic rings. The Hall–Kier alpha value is -0.650. The molecule has 5 heteroatoms. The Balaban J connectivity index is 1.80. The van der Waals surface area contributed by atoms with Gasteiger partial charge in [-0.15, -0.1) is 11.3 Å². The van der Waals surface area contributed by atoms with E-state index in [1.165, 1.54) is 0 Å². The largest absolute Gasteiger partial charge is 0.346 e. The third-order valence-corrected chi connectivity index (χ3v) is 4.46. The number of thiazole rings is 1. The second-order valence-corrected chi connectivity index (χ2v) is 6.95. The molecule has 2 N–H and O–H groups in total. The molecule has 0 spiro atoms. The fourth-order valence-corrected chi connectivity index (χ4v) is 2.74. The lowest BCUT2D eigenvalue weighted by molar-refractivity contribution is 0.191. The van der Waals surface area contributed by atoms with E-state index in [2.05, 4.69) is 35.6 Å². The quantitative estimate of drug-likeness (QED) is 0.905. The molecular formula is C13H24N4S. The van der Waals surface area contributed by atoms with Gasteiger partial charge >= 0.3 is 0 Å². The van der Waals surface area contributed by atoms with Gasteiger partial charge in [-0.25, -0.2) is 4.98 Å². The summed E-state index contributed by atoms with van der Waals surface area (Å²) in [6, 6.07) is 0.240. The standard InChI is InChI=1S/C13H24N4S/c1-13(2,3)11(14)10-16-5-7-17(8-6-16)12-15-4-9-18-12/h4,9,11H,5-8,10,14H2,1-3H3. The summed E-state index contributed by atoms with van der Waals surface area (Å²) in [5.41, 5.74) is 6.43. The highest BCUT2D eigenvalue weighted by Gasteiger charge is 2.25. The summed E-state index contributed by atoms with van der Waals surface area (Å²) < 4.78 is 0. The molecule has 1 aliphatic heterocycles. The van der Waals surface area contributed by atoms with Gasteiger partial charge < -0.3 is 10.6 Å². The summed E-state index contributed by atoms with van der Waals surface area (Å²) in [5, 5.41) is 3.19.